The summed E-state index contributed by atoms with van der Waals surface area (Å²) in [6.07, 6.45) is 0.854. The van der Waals surface area contributed by atoms with Crippen LogP contribution in [-0.4, -0.2) is 25.3 Å². The van der Waals surface area contributed by atoms with E-state index >= 15 is 0 Å². The largest absolute Gasteiger partial charge is 0.466 e. The maximum absolute atomic E-state index is 13.8. The number of hydrogen-bond acceptors (Lipinski definition) is 3. The molecule has 4 atom stereocenters. The second-order valence-electron chi connectivity index (χ2n) is 3.77. The molecule has 0 N–H and O–H groups in total. The first kappa shape index (κ1) is 9.98. The third-order valence-corrected chi connectivity index (χ3v) is 2.93. The van der Waals surface area contributed by atoms with Crippen molar-refractivity contribution in [2.75, 3.05) is 7.11 Å². The number of halogens is 1. The highest BCUT2D eigenvalue weighted by atomic mass is 19.1. The molecule has 15 heavy (non-hydrogen) atoms. The van der Waals surface area contributed by atoms with E-state index in [0.29, 0.717) is 0 Å². The number of nitrogens with zero attached hydrogens (tertiary/aromatic N) is 3. The summed E-state index contributed by atoms with van der Waals surface area (Å²) in [5, 5.41) is 3.41. The number of hydrogen-bond donors (Lipinski definition) is 0. The van der Waals surface area contributed by atoms with Crippen molar-refractivity contribution >= 4 is 5.97 Å². The fourth-order valence-electron chi connectivity index (χ4n) is 2.05. The number of azide groups is 1. The van der Waals surface area contributed by atoms with Crippen LogP contribution in [0.2, 0.25) is 0 Å². The zero-order valence-electron chi connectivity index (χ0n) is 8.13. The van der Waals surface area contributed by atoms with Crippen LogP contribution in [0.4, 0.5) is 4.39 Å². The second kappa shape index (κ2) is 3.55. The van der Waals surface area contributed by atoms with Gasteiger partial charge in [0.05, 0.1) is 18.7 Å². The van der Waals surface area contributed by atoms with Crippen LogP contribution < -0.4 is 0 Å². The van der Waals surface area contributed by atoms with Crippen LogP contribution in [0, 0.1) is 11.8 Å². The smallest absolute Gasteiger partial charge is 0.336 e. The molecule has 2 aliphatic carbocycles. The number of rotatable bonds is 2. The molecule has 0 bridgehead atoms. The first-order chi connectivity index (χ1) is 7.19. The highest BCUT2D eigenvalue weighted by molar-refractivity contribution is 5.90. The lowest BCUT2D eigenvalue weighted by molar-refractivity contribution is -0.137. The Morgan fingerprint density at radius 3 is 3.13 bits per heavy atom. The topological polar surface area (TPSA) is 75.1 Å². The highest BCUT2D eigenvalue weighted by Gasteiger charge is 2.51. The highest BCUT2D eigenvalue weighted by Crippen LogP contribution is 2.50. The van der Waals surface area contributed by atoms with E-state index in [4.69, 9.17) is 5.53 Å². The van der Waals surface area contributed by atoms with E-state index < -0.39 is 18.2 Å². The van der Waals surface area contributed by atoms with Crippen molar-refractivity contribution in [3.8, 4) is 0 Å². The molecule has 0 radical (unpaired) electrons. The van der Waals surface area contributed by atoms with Gasteiger partial charge in [0.1, 0.15) is 6.17 Å². The Morgan fingerprint density at radius 2 is 2.53 bits per heavy atom. The van der Waals surface area contributed by atoms with Crippen LogP contribution in [0.25, 0.3) is 10.4 Å². The van der Waals surface area contributed by atoms with Gasteiger partial charge in [-0.3, -0.25) is 0 Å². The zero-order valence-corrected chi connectivity index (χ0v) is 8.13. The van der Waals surface area contributed by atoms with Gasteiger partial charge >= 0.3 is 5.97 Å². The molecule has 0 aromatic carbocycles. The van der Waals surface area contributed by atoms with Crippen LogP contribution in [0.15, 0.2) is 16.8 Å². The van der Waals surface area contributed by atoms with Gasteiger partial charge in [-0.05, 0) is 23.8 Å². The molecule has 80 valence electrons. The molecule has 2 rings (SSSR count). The quantitative estimate of drug-likeness (QED) is 0.302. The SMILES string of the molecule is COC(=O)C1=CC2CC2C(N=[N+]=[N-])C1F. The van der Waals surface area contributed by atoms with E-state index in [2.05, 4.69) is 14.8 Å². The zero-order chi connectivity index (χ0) is 11.0. The van der Waals surface area contributed by atoms with E-state index in [0.717, 1.165) is 6.42 Å². The third kappa shape index (κ3) is 1.57. The molecule has 6 heteroatoms. The van der Waals surface area contributed by atoms with Gasteiger partial charge in [-0.2, -0.15) is 0 Å². The first-order valence-corrected chi connectivity index (χ1v) is 4.67. The van der Waals surface area contributed by atoms with Gasteiger partial charge in [0, 0.05) is 4.91 Å². The molecule has 0 heterocycles. The van der Waals surface area contributed by atoms with Crippen LogP contribution in [0.1, 0.15) is 6.42 Å². The number of fused-ring (bicyclic) bond motifs is 1. The monoisotopic (exact) mass is 211 g/mol. The van der Waals surface area contributed by atoms with Crippen LogP contribution in [0.5, 0.6) is 0 Å². The lowest BCUT2D eigenvalue weighted by atomic mass is 9.93. The number of ether oxygens (including phenoxy) is 1. The molecule has 4 unspecified atom stereocenters. The van der Waals surface area contributed by atoms with Gasteiger partial charge < -0.3 is 4.74 Å². The molecular weight excluding hydrogens is 201 g/mol. The van der Waals surface area contributed by atoms with E-state index in [-0.39, 0.29) is 17.4 Å². The Bertz CT molecular complexity index is 376. The molecule has 0 amide bonds. The molecule has 5 nitrogen and oxygen atoms in total. The average Bonchev–Trinajstić information content (AvgIpc) is 3.00. The van der Waals surface area contributed by atoms with Crippen LogP contribution in [0.3, 0.4) is 0 Å². The standard InChI is InChI=1S/C9H10FN3O2/c1-15-9(14)6-3-4-2-5(4)8(7(6)10)12-13-11/h3-5,7-8H,2H2,1H3. The van der Waals surface area contributed by atoms with Gasteiger partial charge in [0.2, 0.25) is 0 Å². The van der Waals surface area contributed by atoms with Crippen molar-refractivity contribution < 1.29 is 13.9 Å². The van der Waals surface area contributed by atoms with E-state index in [1.807, 2.05) is 0 Å². The van der Waals surface area contributed by atoms with Gasteiger partial charge in [0.25, 0.3) is 0 Å². The summed E-state index contributed by atoms with van der Waals surface area (Å²) in [4.78, 5) is 13.8. The summed E-state index contributed by atoms with van der Waals surface area (Å²) in [6.45, 7) is 0. The number of methoxy groups -OCH3 is 1. The molecule has 0 aliphatic heterocycles. The predicted molar refractivity (Wildman–Crippen MR) is 49.5 cm³/mol. The number of allylic oxidation sites excluding steroid dienone is 1. The normalized spacial score (nSPS) is 37.1. The van der Waals surface area contributed by atoms with Crippen LogP contribution >= 0.6 is 0 Å². The molecule has 0 saturated heterocycles. The second-order valence-corrected chi connectivity index (χ2v) is 3.77. The van der Waals surface area contributed by atoms with Crippen molar-refractivity contribution in [2.24, 2.45) is 17.0 Å². The molecule has 0 spiro atoms. The minimum Gasteiger partial charge on any atom is -0.466 e. The Hall–Kier alpha value is -1.55. The molecule has 1 saturated carbocycles. The van der Waals surface area contributed by atoms with E-state index in [1.54, 1.807) is 6.08 Å². The predicted octanol–water partition coefficient (Wildman–Crippen LogP) is 1.75. The van der Waals surface area contributed by atoms with Crippen molar-refractivity contribution in [1.82, 2.24) is 0 Å². The summed E-state index contributed by atoms with van der Waals surface area (Å²) >= 11 is 0. The minimum absolute atomic E-state index is 0.00588. The van der Waals surface area contributed by atoms with Gasteiger partial charge in [-0.1, -0.05) is 11.2 Å². The average molecular weight is 211 g/mol. The van der Waals surface area contributed by atoms with E-state index in [9.17, 15) is 9.18 Å². The van der Waals surface area contributed by atoms with Gasteiger partial charge in [0.15, 0.2) is 0 Å². The summed E-state index contributed by atoms with van der Waals surface area (Å²) in [7, 11) is 1.21. The molecule has 2 aliphatic rings. The fraction of sp³-hybridized carbons (Fsp3) is 0.667. The maximum Gasteiger partial charge on any atom is 0.336 e. The summed E-state index contributed by atoms with van der Waals surface area (Å²) in [5.41, 5.74) is 8.30. The Morgan fingerprint density at radius 1 is 1.80 bits per heavy atom. The molecule has 0 aromatic rings. The molecule has 1 fully saturated rings. The summed E-state index contributed by atoms with van der Waals surface area (Å²) in [5.74, 6) is -0.447. The lowest BCUT2D eigenvalue weighted by Crippen LogP contribution is -2.31. The van der Waals surface area contributed by atoms with Crippen molar-refractivity contribution in [3.05, 3.63) is 22.1 Å². The number of carbonyl (C=O) groups is 1. The Labute approximate surface area is 85.5 Å². The first-order valence-electron chi connectivity index (χ1n) is 4.67. The Kier molecular flexibility index (Phi) is 2.36. The summed E-state index contributed by atoms with van der Waals surface area (Å²) < 4.78 is 18.3. The summed E-state index contributed by atoms with van der Waals surface area (Å²) in [6, 6.07) is -0.751. The van der Waals surface area contributed by atoms with Crippen molar-refractivity contribution in [1.29, 1.82) is 0 Å². The number of carbonyl (C=O) groups excluding carboxylic acids is 1. The lowest BCUT2D eigenvalue weighted by Gasteiger charge is -2.21. The van der Waals surface area contributed by atoms with Gasteiger partial charge in [-0.15, -0.1) is 0 Å². The molecular formula is C9H10FN3O2. The van der Waals surface area contributed by atoms with Gasteiger partial charge in [-0.25, -0.2) is 9.18 Å². The third-order valence-electron chi connectivity index (χ3n) is 2.93. The maximum atomic E-state index is 13.8. The van der Waals surface area contributed by atoms with Crippen molar-refractivity contribution in [2.45, 2.75) is 18.6 Å². The Balaban J connectivity index is 2.26. The number of esters is 1. The fourth-order valence-corrected chi connectivity index (χ4v) is 2.05. The van der Waals surface area contributed by atoms with Crippen LogP contribution in [-0.2, 0) is 9.53 Å². The van der Waals surface area contributed by atoms with Crippen molar-refractivity contribution in [3.63, 3.8) is 0 Å². The van der Waals surface area contributed by atoms with E-state index in [1.165, 1.54) is 7.11 Å². The number of alkyl halides is 1. The minimum atomic E-state index is -1.53. The molecule has 0 aromatic heterocycles.